The quantitative estimate of drug-likeness (QED) is 0.598. The predicted octanol–water partition coefficient (Wildman–Crippen LogP) is 1.10. The molecule has 0 bridgehead atoms. The third-order valence-corrected chi connectivity index (χ3v) is 1.90. The zero-order chi connectivity index (χ0) is 11.4. The highest BCUT2D eigenvalue weighted by molar-refractivity contribution is 5.58. The van der Waals surface area contributed by atoms with Crippen LogP contribution in [0, 0.1) is 10.1 Å². The largest absolute Gasteiger partial charge is 0.493 e. The minimum Gasteiger partial charge on any atom is -0.493 e. The highest BCUT2D eigenvalue weighted by Gasteiger charge is 2.20. The maximum absolute atomic E-state index is 10.7. The second-order valence-electron chi connectivity index (χ2n) is 2.77. The lowest BCUT2D eigenvalue weighted by Crippen LogP contribution is -1.99. The number of hydrogen-bond donors (Lipinski definition) is 1. The molecule has 0 atom stereocenters. The molecule has 0 saturated carbocycles. The van der Waals surface area contributed by atoms with Crippen molar-refractivity contribution < 1.29 is 19.5 Å². The Morgan fingerprint density at radius 1 is 1.40 bits per heavy atom. The monoisotopic (exact) mass is 213 g/mol. The van der Waals surface area contributed by atoms with Gasteiger partial charge in [0.05, 0.1) is 25.7 Å². The molecule has 0 unspecified atom stereocenters. The molecule has 1 aromatic rings. The highest BCUT2D eigenvalue weighted by Crippen LogP contribution is 2.37. The molecular formula is C9H11NO5. The minimum atomic E-state index is -0.583. The molecule has 0 fully saturated rings. The summed E-state index contributed by atoms with van der Waals surface area (Å²) in [6, 6.07) is 2.74. The van der Waals surface area contributed by atoms with Crippen molar-refractivity contribution >= 4 is 5.69 Å². The highest BCUT2D eigenvalue weighted by atomic mass is 16.6. The van der Waals surface area contributed by atoms with Crippen LogP contribution in [0.4, 0.5) is 5.69 Å². The van der Waals surface area contributed by atoms with Crippen LogP contribution in [0.2, 0.25) is 0 Å². The fourth-order valence-electron chi connectivity index (χ4n) is 1.23. The van der Waals surface area contributed by atoms with Crippen LogP contribution < -0.4 is 9.47 Å². The van der Waals surface area contributed by atoms with Gasteiger partial charge in [0.15, 0.2) is 5.75 Å². The first kappa shape index (κ1) is 11.3. The van der Waals surface area contributed by atoms with Crippen molar-refractivity contribution in [1.29, 1.82) is 0 Å². The van der Waals surface area contributed by atoms with E-state index in [1.54, 1.807) is 0 Å². The number of nitrogens with zero attached hydrogens (tertiary/aromatic N) is 1. The number of hydrogen-bond acceptors (Lipinski definition) is 5. The van der Waals surface area contributed by atoms with Crippen molar-refractivity contribution in [1.82, 2.24) is 0 Å². The molecule has 1 aromatic carbocycles. The van der Waals surface area contributed by atoms with Crippen molar-refractivity contribution in [2.45, 2.75) is 6.61 Å². The normalized spacial score (nSPS) is 9.80. The van der Waals surface area contributed by atoms with Gasteiger partial charge < -0.3 is 14.6 Å². The third-order valence-electron chi connectivity index (χ3n) is 1.90. The van der Waals surface area contributed by atoms with Crippen LogP contribution in [-0.4, -0.2) is 24.2 Å². The van der Waals surface area contributed by atoms with Gasteiger partial charge in [0.1, 0.15) is 0 Å². The van der Waals surface area contributed by atoms with E-state index < -0.39 is 4.92 Å². The van der Waals surface area contributed by atoms with Crippen LogP contribution in [0.5, 0.6) is 11.5 Å². The van der Waals surface area contributed by atoms with Gasteiger partial charge in [0.2, 0.25) is 5.75 Å². The molecule has 0 heterocycles. The summed E-state index contributed by atoms with van der Waals surface area (Å²) in [6.07, 6.45) is 0. The van der Waals surface area contributed by atoms with Gasteiger partial charge in [-0.05, 0) is 11.6 Å². The average Bonchev–Trinajstić information content (AvgIpc) is 2.26. The summed E-state index contributed by atoms with van der Waals surface area (Å²) < 4.78 is 9.81. The maximum atomic E-state index is 10.7. The number of nitro groups is 1. The number of aliphatic hydroxyl groups excluding tert-OH is 1. The molecule has 0 aromatic heterocycles. The molecule has 0 aliphatic rings. The number of rotatable bonds is 4. The Balaban J connectivity index is 3.39. The van der Waals surface area contributed by atoms with E-state index in [0.29, 0.717) is 5.56 Å². The summed E-state index contributed by atoms with van der Waals surface area (Å²) in [5.74, 6) is 0.287. The molecule has 82 valence electrons. The molecule has 0 aliphatic carbocycles. The fourth-order valence-corrected chi connectivity index (χ4v) is 1.23. The van der Waals surface area contributed by atoms with Gasteiger partial charge in [-0.1, -0.05) is 0 Å². The Morgan fingerprint density at radius 3 is 2.47 bits per heavy atom. The summed E-state index contributed by atoms with van der Waals surface area (Å²) in [6.45, 7) is -0.290. The number of methoxy groups -OCH3 is 2. The van der Waals surface area contributed by atoms with Crippen LogP contribution >= 0.6 is 0 Å². The van der Waals surface area contributed by atoms with Crippen molar-refractivity contribution in [2.75, 3.05) is 14.2 Å². The van der Waals surface area contributed by atoms with E-state index in [0.717, 1.165) is 0 Å². The SMILES string of the molecule is COc1cc(CO)cc([N+](=O)[O-])c1OC. The predicted molar refractivity (Wildman–Crippen MR) is 52.1 cm³/mol. The second kappa shape index (κ2) is 4.61. The Bertz CT molecular complexity index is 377. The molecule has 0 radical (unpaired) electrons. The molecule has 15 heavy (non-hydrogen) atoms. The Morgan fingerprint density at radius 2 is 2.07 bits per heavy atom. The zero-order valence-corrected chi connectivity index (χ0v) is 8.39. The molecular weight excluding hydrogens is 202 g/mol. The number of benzene rings is 1. The number of ether oxygens (including phenoxy) is 2. The van der Waals surface area contributed by atoms with E-state index in [-0.39, 0.29) is 23.8 Å². The first-order chi connectivity index (χ1) is 7.13. The summed E-state index contributed by atoms with van der Waals surface area (Å²) in [5.41, 5.74) is 0.181. The van der Waals surface area contributed by atoms with Crippen molar-refractivity contribution in [3.8, 4) is 11.5 Å². The fraction of sp³-hybridized carbons (Fsp3) is 0.333. The van der Waals surface area contributed by atoms with E-state index in [2.05, 4.69) is 0 Å². The first-order valence-electron chi connectivity index (χ1n) is 4.14. The summed E-state index contributed by atoms with van der Waals surface area (Å²) >= 11 is 0. The topological polar surface area (TPSA) is 81.8 Å². The lowest BCUT2D eigenvalue weighted by Gasteiger charge is -2.09. The number of aliphatic hydroxyl groups is 1. The molecule has 0 amide bonds. The number of nitro benzene ring substituents is 1. The van der Waals surface area contributed by atoms with Gasteiger partial charge in [-0.2, -0.15) is 0 Å². The van der Waals surface area contributed by atoms with E-state index in [1.165, 1.54) is 26.4 Å². The molecule has 1 N–H and O–H groups in total. The van der Waals surface area contributed by atoms with Gasteiger partial charge in [-0.3, -0.25) is 10.1 Å². The van der Waals surface area contributed by atoms with E-state index >= 15 is 0 Å². The molecule has 1 rings (SSSR count). The van der Waals surface area contributed by atoms with E-state index in [4.69, 9.17) is 14.6 Å². The molecule has 0 saturated heterocycles. The van der Waals surface area contributed by atoms with Gasteiger partial charge in [-0.15, -0.1) is 0 Å². The van der Waals surface area contributed by atoms with Crippen molar-refractivity contribution in [3.05, 3.63) is 27.8 Å². The Hall–Kier alpha value is -1.82. The first-order valence-corrected chi connectivity index (χ1v) is 4.14. The van der Waals surface area contributed by atoms with Crippen LogP contribution in [0.25, 0.3) is 0 Å². The van der Waals surface area contributed by atoms with Crippen molar-refractivity contribution in [2.24, 2.45) is 0 Å². The smallest absolute Gasteiger partial charge is 0.315 e. The van der Waals surface area contributed by atoms with E-state index in [1.807, 2.05) is 0 Å². The Labute approximate surface area is 86.2 Å². The second-order valence-corrected chi connectivity index (χ2v) is 2.77. The standard InChI is InChI=1S/C9H11NO5/c1-14-8-4-6(5-11)3-7(10(12)13)9(8)15-2/h3-4,11H,5H2,1-2H3. The van der Waals surface area contributed by atoms with E-state index in [9.17, 15) is 10.1 Å². The van der Waals surface area contributed by atoms with Crippen LogP contribution in [0.3, 0.4) is 0 Å². The molecule has 0 aliphatic heterocycles. The van der Waals surface area contributed by atoms with Gasteiger partial charge >= 0.3 is 5.69 Å². The van der Waals surface area contributed by atoms with Crippen LogP contribution in [0.15, 0.2) is 12.1 Å². The van der Waals surface area contributed by atoms with Gasteiger partial charge in [-0.25, -0.2) is 0 Å². The zero-order valence-electron chi connectivity index (χ0n) is 8.39. The third kappa shape index (κ3) is 2.16. The summed E-state index contributed by atoms with van der Waals surface area (Å²) in [5, 5.41) is 19.6. The summed E-state index contributed by atoms with van der Waals surface area (Å²) in [4.78, 5) is 10.1. The maximum Gasteiger partial charge on any atom is 0.315 e. The minimum absolute atomic E-state index is 0.0553. The van der Waals surface area contributed by atoms with Crippen LogP contribution in [0.1, 0.15) is 5.56 Å². The van der Waals surface area contributed by atoms with Gasteiger partial charge in [0, 0.05) is 6.07 Å². The molecule has 6 nitrogen and oxygen atoms in total. The van der Waals surface area contributed by atoms with Crippen molar-refractivity contribution in [3.63, 3.8) is 0 Å². The lowest BCUT2D eigenvalue weighted by molar-refractivity contribution is -0.385. The lowest BCUT2D eigenvalue weighted by atomic mass is 10.2. The van der Waals surface area contributed by atoms with Crippen LogP contribution in [-0.2, 0) is 6.61 Å². The molecule has 6 heteroatoms. The summed E-state index contributed by atoms with van der Waals surface area (Å²) in [7, 11) is 2.70. The Kier molecular flexibility index (Phi) is 3.46. The molecule has 0 spiro atoms. The van der Waals surface area contributed by atoms with Gasteiger partial charge in [0.25, 0.3) is 0 Å². The average molecular weight is 213 g/mol.